The van der Waals surface area contributed by atoms with Crippen LogP contribution >= 0.6 is 11.8 Å². The monoisotopic (exact) mass is 412 g/mol. The highest BCUT2D eigenvalue weighted by Crippen LogP contribution is 2.32. The molecule has 1 fully saturated rings. The fourth-order valence-corrected chi connectivity index (χ4v) is 3.37. The molecule has 2 aromatic carbocycles. The number of ether oxygens (including phenoxy) is 1. The third-order valence-corrected chi connectivity index (χ3v) is 4.91. The Morgan fingerprint density at radius 3 is 2.34 bits per heavy atom. The molecule has 148 valence electrons. The quantitative estimate of drug-likeness (QED) is 0.701. The summed E-state index contributed by atoms with van der Waals surface area (Å²) in [5.74, 6) is -1.51. The van der Waals surface area contributed by atoms with Crippen LogP contribution in [-0.2, 0) is 9.59 Å². The van der Waals surface area contributed by atoms with E-state index in [1.807, 2.05) is 0 Å². The molecule has 0 radical (unpaired) electrons. The normalized spacial score (nSPS) is 14.9. The van der Waals surface area contributed by atoms with Crippen molar-refractivity contribution in [3.63, 3.8) is 0 Å². The number of aromatic carboxylic acids is 1. The number of thioether (sulfide) groups is 1. The Kier molecular flexibility index (Phi) is 5.99. The van der Waals surface area contributed by atoms with E-state index in [-0.39, 0.29) is 10.5 Å². The molecule has 2 aromatic rings. The van der Waals surface area contributed by atoms with Crippen LogP contribution < -0.4 is 10.1 Å². The third-order valence-electron chi connectivity index (χ3n) is 4.00. The lowest BCUT2D eigenvalue weighted by Gasteiger charge is -2.12. The van der Waals surface area contributed by atoms with Gasteiger partial charge < -0.3 is 15.2 Å². The molecular weight excluding hydrogens is 396 g/mol. The number of hydrogen-bond donors (Lipinski definition) is 2. The Morgan fingerprint density at radius 1 is 1.10 bits per heavy atom. The molecule has 0 spiro atoms. The van der Waals surface area contributed by atoms with Crippen LogP contribution in [-0.4, -0.2) is 46.7 Å². The summed E-state index contributed by atoms with van der Waals surface area (Å²) >= 11 is 0.726. The first-order valence-corrected chi connectivity index (χ1v) is 9.21. The lowest BCUT2D eigenvalue weighted by molar-refractivity contribution is -0.127. The van der Waals surface area contributed by atoms with E-state index < -0.39 is 29.6 Å². The molecule has 8 nitrogen and oxygen atoms in total. The number of carboxylic acid groups (broad SMARTS) is 1. The summed E-state index contributed by atoms with van der Waals surface area (Å²) in [7, 11) is 1.53. The van der Waals surface area contributed by atoms with Crippen molar-refractivity contribution in [3.8, 4) is 5.75 Å². The van der Waals surface area contributed by atoms with Gasteiger partial charge >= 0.3 is 5.97 Å². The van der Waals surface area contributed by atoms with Crippen LogP contribution in [0.1, 0.15) is 15.9 Å². The van der Waals surface area contributed by atoms with E-state index in [1.165, 1.54) is 37.5 Å². The van der Waals surface area contributed by atoms with Crippen molar-refractivity contribution in [2.24, 2.45) is 0 Å². The zero-order chi connectivity index (χ0) is 21.0. The Labute approximate surface area is 170 Å². The molecule has 0 saturated carbocycles. The van der Waals surface area contributed by atoms with Crippen LogP contribution in [0.2, 0.25) is 0 Å². The summed E-state index contributed by atoms with van der Waals surface area (Å²) in [6.45, 7) is -0.411. The van der Waals surface area contributed by atoms with Gasteiger partial charge in [-0.2, -0.15) is 0 Å². The number of carbonyl (C=O) groups is 4. The first-order valence-electron chi connectivity index (χ1n) is 8.40. The average molecular weight is 412 g/mol. The lowest BCUT2D eigenvalue weighted by atomic mass is 10.1. The Morgan fingerprint density at radius 2 is 1.76 bits per heavy atom. The maximum absolute atomic E-state index is 12.5. The number of imide groups is 1. The molecule has 0 aliphatic carbocycles. The highest BCUT2D eigenvalue weighted by molar-refractivity contribution is 8.18. The number of nitrogens with one attached hydrogen (secondary N) is 1. The minimum absolute atomic E-state index is 0.116. The second-order valence-corrected chi connectivity index (χ2v) is 6.96. The van der Waals surface area contributed by atoms with Crippen molar-refractivity contribution in [1.82, 2.24) is 4.90 Å². The van der Waals surface area contributed by atoms with Crippen LogP contribution in [0.15, 0.2) is 53.4 Å². The molecule has 1 aliphatic heterocycles. The number of rotatable bonds is 6. The zero-order valence-corrected chi connectivity index (χ0v) is 16.1. The molecule has 0 aromatic heterocycles. The van der Waals surface area contributed by atoms with Crippen molar-refractivity contribution in [3.05, 3.63) is 64.6 Å². The Hall–Kier alpha value is -3.59. The van der Waals surface area contributed by atoms with Crippen LogP contribution in [0.4, 0.5) is 10.5 Å². The van der Waals surface area contributed by atoms with Gasteiger partial charge in [-0.1, -0.05) is 12.1 Å². The minimum atomic E-state index is -1.06. The van der Waals surface area contributed by atoms with E-state index in [4.69, 9.17) is 9.84 Å². The second-order valence-electron chi connectivity index (χ2n) is 5.97. The highest BCUT2D eigenvalue weighted by atomic mass is 32.2. The number of benzene rings is 2. The number of methoxy groups -OCH3 is 1. The number of hydrogen-bond acceptors (Lipinski definition) is 6. The zero-order valence-electron chi connectivity index (χ0n) is 15.2. The largest absolute Gasteiger partial charge is 0.497 e. The number of anilines is 1. The van der Waals surface area contributed by atoms with Gasteiger partial charge in [-0.05, 0) is 59.8 Å². The first kappa shape index (κ1) is 20.2. The standard InChI is InChI=1S/C20H16N2O6S/c1-28-15-8-6-14(7-9-15)21-17(23)11-22-18(24)16(29-20(22)27)10-12-2-4-13(5-3-12)19(25)26/h2-10H,11H2,1H3,(H,21,23)(H,25,26)/b16-10-. The molecule has 3 amide bonds. The molecule has 1 heterocycles. The van der Waals surface area contributed by atoms with Gasteiger partial charge in [0.15, 0.2) is 0 Å². The summed E-state index contributed by atoms with van der Waals surface area (Å²) in [6, 6.07) is 12.5. The summed E-state index contributed by atoms with van der Waals surface area (Å²) in [6.07, 6.45) is 1.48. The van der Waals surface area contributed by atoms with Crippen molar-refractivity contribution in [2.45, 2.75) is 0 Å². The SMILES string of the molecule is COc1ccc(NC(=O)CN2C(=O)S/C(=C\c3ccc(C(=O)O)cc3)C2=O)cc1. The summed E-state index contributed by atoms with van der Waals surface area (Å²) in [5.41, 5.74) is 1.20. The average Bonchev–Trinajstić information content (AvgIpc) is 2.96. The van der Waals surface area contributed by atoms with Gasteiger partial charge in [0.2, 0.25) is 5.91 Å². The van der Waals surface area contributed by atoms with Crippen LogP contribution in [0.3, 0.4) is 0 Å². The van der Waals surface area contributed by atoms with Crippen LogP contribution in [0.5, 0.6) is 5.75 Å². The van der Waals surface area contributed by atoms with Gasteiger partial charge in [0, 0.05) is 5.69 Å². The lowest BCUT2D eigenvalue weighted by Crippen LogP contribution is -2.36. The Bertz CT molecular complexity index is 999. The van der Waals surface area contributed by atoms with Gasteiger partial charge in [-0.25, -0.2) is 4.79 Å². The molecule has 29 heavy (non-hydrogen) atoms. The minimum Gasteiger partial charge on any atom is -0.497 e. The van der Waals surface area contributed by atoms with Crippen LogP contribution in [0.25, 0.3) is 6.08 Å². The van der Waals surface area contributed by atoms with Crippen molar-refractivity contribution in [2.75, 3.05) is 19.0 Å². The van der Waals surface area contributed by atoms with E-state index >= 15 is 0 Å². The van der Waals surface area contributed by atoms with Crippen molar-refractivity contribution < 1.29 is 29.0 Å². The third kappa shape index (κ3) is 4.82. The molecule has 9 heteroatoms. The van der Waals surface area contributed by atoms with Gasteiger partial charge in [-0.15, -0.1) is 0 Å². The van der Waals surface area contributed by atoms with Crippen LogP contribution in [0, 0.1) is 0 Å². The number of carboxylic acids is 1. The van der Waals surface area contributed by atoms with Crippen molar-refractivity contribution >= 4 is 46.5 Å². The molecule has 2 N–H and O–H groups in total. The molecule has 0 unspecified atom stereocenters. The Balaban J connectivity index is 1.66. The summed E-state index contributed by atoms with van der Waals surface area (Å²) in [5, 5.41) is 11.0. The van der Waals surface area contributed by atoms with Gasteiger partial charge in [0.05, 0.1) is 17.6 Å². The number of carbonyl (C=O) groups excluding carboxylic acids is 3. The van der Waals surface area contributed by atoms with E-state index in [9.17, 15) is 19.2 Å². The van der Waals surface area contributed by atoms with E-state index in [2.05, 4.69) is 5.32 Å². The highest BCUT2D eigenvalue weighted by Gasteiger charge is 2.36. The maximum Gasteiger partial charge on any atom is 0.335 e. The fraction of sp³-hybridized carbons (Fsp3) is 0.100. The maximum atomic E-state index is 12.5. The molecule has 0 atom stereocenters. The topological polar surface area (TPSA) is 113 Å². The van der Waals surface area contributed by atoms with Gasteiger partial charge in [-0.3, -0.25) is 19.3 Å². The van der Waals surface area contributed by atoms with E-state index in [0.29, 0.717) is 17.0 Å². The fourth-order valence-electron chi connectivity index (χ4n) is 2.53. The second kappa shape index (κ2) is 8.61. The summed E-state index contributed by atoms with van der Waals surface area (Å²) in [4.78, 5) is 48.8. The smallest absolute Gasteiger partial charge is 0.335 e. The van der Waals surface area contributed by atoms with Crippen molar-refractivity contribution in [1.29, 1.82) is 0 Å². The number of amides is 3. The molecular formula is C20H16N2O6S. The van der Waals surface area contributed by atoms with E-state index in [0.717, 1.165) is 16.7 Å². The first-order chi connectivity index (χ1) is 13.9. The molecule has 0 bridgehead atoms. The molecule has 1 aliphatic rings. The molecule has 1 saturated heterocycles. The molecule has 3 rings (SSSR count). The predicted molar refractivity (Wildman–Crippen MR) is 108 cm³/mol. The van der Waals surface area contributed by atoms with Gasteiger partial charge in [0.1, 0.15) is 12.3 Å². The predicted octanol–water partition coefficient (Wildman–Crippen LogP) is 3.07. The van der Waals surface area contributed by atoms with Gasteiger partial charge in [0.25, 0.3) is 11.1 Å². The number of nitrogens with zero attached hydrogens (tertiary/aromatic N) is 1. The van der Waals surface area contributed by atoms with E-state index in [1.54, 1.807) is 24.3 Å². The summed E-state index contributed by atoms with van der Waals surface area (Å²) < 4.78 is 5.04.